The summed E-state index contributed by atoms with van der Waals surface area (Å²) in [5, 5.41) is 11.5. The van der Waals surface area contributed by atoms with Crippen LogP contribution in [-0.4, -0.2) is 24.3 Å². The van der Waals surface area contributed by atoms with Gasteiger partial charge >= 0.3 is 0 Å². The summed E-state index contributed by atoms with van der Waals surface area (Å²) in [4.78, 5) is 36.1. The Labute approximate surface area is 187 Å². The molecule has 0 aliphatic rings. The van der Waals surface area contributed by atoms with Crippen LogP contribution in [0, 0.1) is 0 Å². The maximum atomic E-state index is 12.6. The number of anilines is 3. The number of nitrogens with one attached hydrogen (secondary N) is 4. The summed E-state index contributed by atoms with van der Waals surface area (Å²) >= 11 is 0. The van der Waals surface area contributed by atoms with Crippen LogP contribution < -0.4 is 21.3 Å². The molecule has 3 rings (SSSR count). The van der Waals surface area contributed by atoms with Crippen LogP contribution in [0.5, 0.6) is 0 Å². The molecule has 0 heterocycles. The average Bonchev–Trinajstić information content (AvgIpc) is 2.78. The predicted molar refractivity (Wildman–Crippen MR) is 127 cm³/mol. The van der Waals surface area contributed by atoms with E-state index in [-0.39, 0.29) is 30.3 Å². The third-order valence-corrected chi connectivity index (χ3v) is 4.69. The molecule has 0 radical (unpaired) electrons. The minimum absolute atomic E-state index is 0.0327. The number of benzene rings is 3. The number of carbonyl (C=O) groups excluding carboxylic acids is 3. The van der Waals surface area contributed by atoms with Crippen molar-refractivity contribution >= 4 is 34.8 Å². The van der Waals surface area contributed by atoms with Crippen LogP contribution in [0.2, 0.25) is 0 Å². The molecule has 0 bridgehead atoms. The Morgan fingerprint density at radius 1 is 0.781 bits per heavy atom. The van der Waals surface area contributed by atoms with Gasteiger partial charge in [-0.05, 0) is 48.9 Å². The van der Waals surface area contributed by atoms with E-state index < -0.39 is 0 Å². The highest BCUT2D eigenvalue weighted by atomic mass is 16.2. The lowest BCUT2D eigenvalue weighted by Gasteiger charge is -2.15. The van der Waals surface area contributed by atoms with Crippen molar-refractivity contribution in [3.05, 3.63) is 90.0 Å². The average molecular weight is 431 g/mol. The zero-order valence-corrected chi connectivity index (χ0v) is 18.0. The lowest BCUT2D eigenvalue weighted by atomic mass is 10.1. The van der Waals surface area contributed by atoms with Crippen molar-refractivity contribution in [3.63, 3.8) is 0 Å². The Morgan fingerprint density at radius 2 is 1.44 bits per heavy atom. The lowest BCUT2D eigenvalue weighted by Crippen LogP contribution is -2.27. The Balaban J connectivity index is 1.55. The summed E-state index contributed by atoms with van der Waals surface area (Å²) in [6.45, 7) is 3.39. The first-order chi connectivity index (χ1) is 15.4. The van der Waals surface area contributed by atoms with Crippen molar-refractivity contribution in [1.29, 1.82) is 0 Å². The van der Waals surface area contributed by atoms with Gasteiger partial charge in [0.25, 0.3) is 5.91 Å². The van der Waals surface area contributed by atoms with Gasteiger partial charge in [0, 0.05) is 29.5 Å². The van der Waals surface area contributed by atoms with E-state index >= 15 is 0 Å². The van der Waals surface area contributed by atoms with Gasteiger partial charge in [-0.15, -0.1) is 0 Å². The van der Waals surface area contributed by atoms with Gasteiger partial charge in [-0.1, -0.05) is 42.5 Å². The van der Waals surface area contributed by atoms with Crippen molar-refractivity contribution in [1.82, 2.24) is 5.32 Å². The fraction of sp³-hybridized carbons (Fsp3) is 0.160. The fourth-order valence-electron chi connectivity index (χ4n) is 3.14. The Kier molecular flexibility index (Phi) is 7.59. The topological polar surface area (TPSA) is 99.3 Å². The molecule has 1 unspecified atom stereocenters. The quantitative estimate of drug-likeness (QED) is 0.431. The molecule has 0 saturated carbocycles. The molecular formula is C25H26N4O3. The molecule has 1 atom stereocenters. The Morgan fingerprint density at radius 3 is 2.16 bits per heavy atom. The van der Waals surface area contributed by atoms with Gasteiger partial charge in [-0.2, -0.15) is 0 Å². The fourth-order valence-corrected chi connectivity index (χ4v) is 3.14. The first-order valence-corrected chi connectivity index (χ1v) is 10.3. The van der Waals surface area contributed by atoms with Crippen molar-refractivity contribution in [2.75, 3.05) is 22.5 Å². The van der Waals surface area contributed by atoms with Crippen molar-refractivity contribution in [2.24, 2.45) is 0 Å². The number of hydrogen-bond acceptors (Lipinski definition) is 4. The molecule has 0 aromatic heterocycles. The molecule has 32 heavy (non-hydrogen) atoms. The van der Waals surface area contributed by atoms with Crippen molar-refractivity contribution < 1.29 is 14.4 Å². The van der Waals surface area contributed by atoms with E-state index in [2.05, 4.69) is 21.3 Å². The van der Waals surface area contributed by atoms with E-state index in [0.717, 1.165) is 5.56 Å². The zero-order valence-electron chi connectivity index (χ0n) is 18.0. The van der Waals surface area contributed by atoms with Crippen molar-refractivity contribution in [3.8, 4) is 0 Å². The molecule has 4 N–H and O–H groups in total. The van der Waals surface area contributed by atoms with E-state index in [4.69, 9.17) is 0 Å². The van der Waals surface area contributed by atoms with Crippen LogP contribution in [-0.2, 0) is 9.59 Å². The highest BCUT2D eigenvalue weighted by molar-refractivity contribution is 5.98. The van der Waals surface area contributed by atoms with Crippen LogP contribution in [0.3, 0.4) is 0 Å². The molecular weight excluding hydrogens is 404 g/mol. The molecule has 3 aromatic carbocycles. The summed E-state index contributed by atoms with van der Waals surface area (Å²) in [6.07, 6.45) is 0. The minimum Gasteiger partial charge on any atom is -0.376 e. The van der Waals surface area contributed by atoms with Crippen LogP contribution in [0.25, 0.3) is 0 Å². The molecule has 0 spiro atoms. The monoisotopic (exact) mass is 430 g/mol. The normalized spacial score (nSPS) is 11.2. The molecule has 3 aromatic rings. The molecule has 7 heteroatoms. The van der Waals surface area contributed by atoms with Gasteiger partial charge < -0.3 is 21.3 Å². The van der Waals surface area contributed by atoms with E-state index in [0.29, 0.717) is 22.6 Å². The van der Waals surface area contributed by atoms with Gasteiger partial charge in [0.1, 0.15) is 0 Å². The lowest BCUT2D eigenvalue weighted by molar-refractivity contribution is -0.115. The third-order valence-electron chi connectivity index (χ3n) is 4.69. The molecule has 7 nitrogen and oxygen atoms in total. The second-order valence-corrected chi connectivity index (χ2v) is 7.35. The van der Waals surface area contributed by atoms with Gasteiger partial charge in [0.05, 0.1) is 12.6 Å². The molecule has 164 valence electrons. The third kappa shape index (κ3) is 6.70. The van der Waals surface area contributed by atoms with Crippen LogP contribution in [0.4, 0.5) is 17.1 Å². The predicted octanol–water partition coefficient (Wildman–Crippen LogP) is 4.19. The number of hydrogen-bond donors (Lipinski definition) is 4. The second-order valence-electron chi connectivity index (χ2n) is 7.35. The van der Waals surface area contributed by atoms with Gasteiger partial charge in [-0.25, -0.2) is 0 Å². The molecule has 0 aliphatic heterocycles. The van der Waals surface area contributed by atoms with E-state index in [9.17, 15) is 14.4 Å². The summed E-state index contributed by atoms with van der Waals surface area (Å²) in [6, 6.07) is 23.5. The second kappa shape index (κ2) is 10.8. The van der Waals surface area contributed by atoms with Crippen LogP contribution in [0.15, 0.2) is 78.9 Å². The minimum atomic E-state index is -0.259. The maximum absolute atomic E-state index is 12.6. The molecule has 0 aliphatic carbocycles. The molecule has 3 amide bonds. The number of rotatable bonds is 8. The van der Waals surface area contributed by atoms with Crippen LogP contribution in [0.1, 0.15) is 35.8 Å². The Hall–Kier alpha value is -4.13. The highest BCUT2D eigenvalue weighted by Crippen LogP contribution is 2.16. The van der Waals surface area contributed by atoms with Crippen molar-refractivity contribution in [2.45, 2.75) is 19.9 Å². The molecule has 0 saturated heterocycles. The summed E-state index contributed by atoms with van der Waals surface area (Å²) in [5.74, 6) is -0.641. The number of amides is 3. The summed E-state index contributed by atoms with van der Waals surface area (Å²) in [7, 11) is 0. The van der Waals surface area contributed by atoms with E-state index in [1.54, 1.807) is 48.5 Å². The first-order valence-electron chi connectivity index (χ1n) is 10.3. The van der Waals surface area contributed by atoms with E-state index in [1.807, 2.05) is 37.3 Å². The van der Waals surface area contributed by atoms with Gasteiger partial charge in [0.15, 0.2) is 0 Å². The van der Waals surface area contributed by atoms with Crippen LogP contribution >= 0.6 is 0 Å². The largest absolute Gasteiger partial charge is 0.376 e. The summed E-state index contributed by atoms with van der Waals surface area (Å²) < 4.78 is 0. The van der Waals surface area contributed by atoms with Gasteiger partial charge in [0.2, 0.25) is 11.8 Å². The SMILES string of the molecule is CC(=O)Nc1cccc(NCC(=O)Nc2cccc(C(=O)NC(C)c3ccccc3)c2)c1. The number of carbonyl (C=O) groups is 3. The smallest absolute Gasteiger partial charge is 0.251 e. The standard InChI is InChI=1S/C25H26N4O3/c1-17(19-8-4-3-5-9-19)27-25(32)20-10-6-12-22(14-20)29-24(31)16-26-21-11-7-13-23(15-21)28-18(2)30/h3-15,17,26H,16H2,1-2H3,(H,27,32)(H,28,30)(H,29,31). The summed E-state index contributed by atoms with van der Waals surface area (Å²) in [5.41, 5.74) is 3.35. The first kappa shape index (κ1) is 22.6. The molecule has 0 fully saturated rings. The van der Waals surface area contributed by atoms with Gasteiger partial charge in [-0.3, -0.25) is 14.4 Å². The van der Waals surface area contributed by atoms with E-state index in [1.165, 1.54) is 6.92 Å². The maximum Gasteiger partial charge on any atom is 0.251 e. The Bertz CT molecular complexity index is 1100. The highest BCUT2D eigenvalue weighted by Gasteiger charge is 2.12. The zero-order chi connectivity index (χ0) is 22.9.